The number of hydrogen-bond acceptors (Lipinski definition) is 3. The van der Waals surface area contributed by atoms with Gasteiger partial charge in [-0.2, -0.15) is 0 Å². The fourth-order valence-corrected chi connectivity index (χ4v) is 2.47. The maximum absolute atomic E-state index is 12.0. The van der Waals surface area contributed by atoms with E-state index in [1.54, 1.807) is 25.1 Å². The lowest BCUT2D eigenvalue weighted by molar-refractivity contribution is 0.0827. The summed E-state index contributed by atoms with van der Waals surface area (Å²) in [7, 11) is 3.52. The van der Waals surface area contributed by atoms with Crippen LogP contribution in [-0.2, 0) is 0 Å². The average molecular weight is 247 g/mol. The van der Waals surface area contributed by atoms with Gasteiger partial charge in [0.05, 0.1) is 11.4 Å². The molecule has 1 aliphatic rings. The lowest BCUT2D eigenvalue weighted by atomic mass is 10.1. The highest BCUT2D eigenvalue weighted by atomic mass is 16.2. The molecule has 1 aliphatic heterocycles. The van der Waals surface area contributed by atoms with Crippen LogP contribution in [0.3, 0.4) is 0 Å². The van der Waals surface area contributed by atoms with E-state index in [2.05, 4.69) is 11.8 Å². The van der Waals surface area contributed by atoms with Gasteiger partial charge >= 0.3 is 0 Å². The highest BCUT2D eigenvalue weighted by Crippen LogP contribution is 2.31. The van der Waals surface area contributed by atoms with Gasteiger partial charge in [-0.3, -0.25) is 4.79 Å². The third-order valence-corrected chi connectivity index (χ3v) is 3.55. The van der Waals surface area contributed by atoms with Gasteiger partial charge in [-0.05, 0) is 38.0 Å². The largest absolute Gasteiger partial charge is 0.397 e. The van der Waals surface area contributed by atoms with Gasteiger partial charge in [-0.1, -0.05) is 0 Å². The molecule has 4 heteroatoms. The minimum atomic E-state index is 0.0168. The molecule has 1 aromatic carbocycles. The molecule has 0 aliphatic carbocycles. The van der Waals surface area contributed by atoms with Crippen LogP contribution in [0, 0.1) is 0 Å². The van der Waals surface area contributed by atoms with Crippen molar-refractivity contribution in [3.8, 4) is 0 Å². The molecule has 0 radical (unpaired) electrons. The van der Waals surface area contributed by atoms with Crippen molar-refractivity contribution in [3.63, 3.8) is 0 Å². The Hall–Kier alpha value is -1.71. The first-order chi connectivity index (χ1) is 8.50. The van der Waals surface area contributed by atoms with Gasteiger partial charge in [0.15, 0.2) is 0 Å². The summed E-state index contributed by atoms with van der Waals surface area (Å²) < 4.78 is 0. The highest BCUT2D eigenvalue weighted by Gasteiger charge is 2.23. The van der Waals surface area contributed by atoms with E-state index in [0.29, 0.717) is 11.6 Å². The number of amides is 1. The van der Waals surface area contributed by atoms with Crippen LogP contribution in [0.2, 0.25) is 0 Å². The van der Waals surface area contributed by atoms with Gasteiger partial charge in [0.25, 0.3) is 5.91 Å². The summed E-state index contributed by atoms with van der Waals surface area (Å²) in [6.45, 7) is 3.22. The Labute approximate surface area is 108 Å². The second kappa shape index (κ2) is 4.88. The maximum Gasteiger partial charge on any atom is 0.253 e. The minimum absolute atomic E-state index is 0.0168. The normalized spacial score (nSPS) is 19.1. The topological polar surface area (TPSA) is 49.6 Å². The van der Waals surface area contributed by atoms with Crippen molar-refractivity contribution in [1.82, 2.24) is 4.90 Å². The summed E-state index contributed by atoms with van der Waals surface area (Å²) in [4.78, 5) is 15.9. The van der Waals surface area contributed by atoms with Crippen LogP contribution >= 0.6 is 0 Å². The fraction of sp³-hybridized carbons (Fsp3) is 0.500. The van der Waals surface area contributed by atoms with Crippen LogP contribution in [0.4, 0.5) is 11.4 Å². The molecule has 0 aromatic heterocycles. The first-order valence-electron chi connectivity index (χ1n) is 6.38. The molecule has 98 valence electrons. The summed E-state index contributed by atoms with van der Waals surface area (Å²) in [5.74, 6) is 0.0168. The second-order valence-electron chi connectivity index (χ2n) is 5.16. The van der Waals surface area contributed by atoms with Crippen molar-refractivity contribution in [3.05, 3.63) is 23.8 Å². The molecule has 1 unspecified atom stereocenters. The first-order valence-corrected chi connectivity index (χ1v) is 6.38. The molecule has 1 saturated heterocycles. The maximum atomic E-state index is 12.0. The molecule has 1 aromatic rings. The number of carbonyl (C=O) groups is 1. The number of benzene rings is 1. The summed E-state index contributed by atoms with van der Waals surface area (Å²) >= 11 is 0. The number of carbonyl (C=O) groups excluding carboxylic acids is 1. The Balaban J connectivity index is 2.35. The van der Waals surface area contributed by atoms with Gasteiger partial charge in [0.2, 0.25) is 0 Å². The van der Waals surface area contributed by atoms with Crippen LogP contribution in [0.5, 0.6) is 0 Å². The van der Waals surface area contributed by atoms with Gasteiger partial charge in [-0.15, -0.1) is 0 Å². The Kier molecular flexibility index (Phi) is 3.45. The van der Waals surface area contributed by atoms with E-state index in [4.69, 9.17) is 5.73 Å². The molecule has 0 spiro atoms. The van der Waals surface area contributed by atoms with Crippen molar-refractivity contribution in [2.24, 2.45) is 0 Å². The third kappa shape index (κ3) is 2.28. The summed E-state index contributed by atoms with van der Waals surface area (Å²) in [5, 5.41) is 0. The number of rotatable bonds is 2. The third-order valence-electron chi connectivity index (χ3n) is 3.55. The number of hydrogen-bond donors (Lipinski definition) is 1. The summed E-state index contributed by atoms with van der Waals surface area (Å²) in [6.07, 6.45) is 2.37. The number of anilines is 2. The van der Waals surface area contributed by atoms with E-state index >= 15 is 0 Å². The van der Waals surface area contributed by atoms with E-state index in [-0.39, 0.29) is 5.91 Å². The van der Waals surface area contributed by atoms with E-state index in [1.807, 2.05) is 12.1 Å². The number of nitrogen functional groups attached to an aromatic ring is 1. The van der Waals surface area contributed by atoms with E-state index in [9.17, 15) is 4.79 Å². The van der Waals surface area contributed by atoms with Gasteiger partial charge in [0.1, 0.15) is 0 Å². The van der Waals surface area contributed by atoms with Crippen LogP contribution in [0.25, 0.3) is 0 Å². The predicted octanol–water partition coefficient (Wildman–Crippen LogP) is 1.96. The van der Waals surface area contributed by atoms with Gasteiger partial charge in [0, 0.05) is 32.2 Å². The van der Waals surface area contributed by atoms with Crippen molar-refractivity contribution < 1.29 is 4.79 Å². The zero-order valence-corrected chi connectivity index (χ0v) is 11.3. The van der Waals surface area contributed by atoms with E-state index < -0.39 is 0 Å². The molecule has 1 heterocycles. The standard InChI is InChI=1S/C14H21N3O/c1-10-5-4-8-17(10)13-9-11(6-7-12(13)15)14(18)16(2)3/h6-7,9-10H,4-5,8,15H2,1-3H3. The smallest absolute Gasteiger partial charge is 0.253 e. The quantitative estimate of drug-likeness (QED) is 0.813. The Morgan fingerprint density at radius 2 is 2.17 bits per heavy atom. The lowest BCUT2D eigenvalue weighted by Crippen LogP contribution is -2.28. The average Bonchev–Trinajstić information content (AvgIpc) is 2.75. The monoisotopic (exact) mass is 247 g/mol. The molecule has 0 saturated carbocycles. The molecular formula is C14H21N3O. The van der Waals surface area contributed by atoms with Crippen LogP contribution in [0.15, 0.2) is 18.2 Å². The molecule has 1 atom stereocenters. The molecule has 18 heavy (non-hydrogen) atoms. The van der Waals surface area contributed by atoms with Crippen molar-refractivity contribution in [2.45, 2.75) is 25.8 Å². The Morgan fingerprint density at radius 1 is 1.44 bits per heavy atom. The number of nitrogens with zero attached hydrogens (tertiary/aromatic N) is 2. The SMILES string of the molecule is CC1CCCN1c1cc(C(=O)N(C)C)ccc1N. The van der Waals surface area contributed by atoms with Crippen LogP contribution in [-0.4, -0.2) is 37.5 Å². The summed E-state index contributed by atoms with van der Waals surface area (Å²) in [5.41, 5.74) is 8.48. The van der Waals surface area contributed by atoms with Gasteiger partial charge < -0.3 is 15.5 Å². The molecule has 2 N–H and O–H groups in total. The fourth-order valence-electron chi connectivity index (χ4n) is 2.47. The number of nitrogens with two attached hydrogens (primary N) is 1. The zero-order valence-electron chi connectivity index (χ0n) is 11.3. The van der Waals surface area contributed by atoms with Crippen molar-refractivity contribution in [2.75, 3.05) is 31.3 Å². The van der Waals surface area contributed by atoms with Crippen molar-refractivity contribution >= 4 is 17.3 Å². The molecular weight excluding hydrogens is 226 g/mol. The molecule has 1 fully saturated rings. The molecule has 4 nitrogen and oxygen atoms in total. The van der Waals surface area contributed by atoms with Gasteiger partial charge in [-0.25, -0.2) is 0 Å². The van der Waals surface area contributed by atoms with Crippen LogP contribution in [0.1, 0.15) is 30.1 Å². The first kappa shape index (κ1) is 12.7. The predicted molar refractivity (Wildman–Crippen MR) is 74.9 cm³/mol. The zero-order chi connectivity index (χ0) is 13.3. The summed E-state index contributed by atoms with van der Waals surface area (Å²) in [6, 6.07) is 6.04. The Bertz CT molecular complexity index is 456. The molecule has 1 amide bonds. The van der Waals surface area contributed by atoms with E-state index in [0.717, 1.165) is 17.9 Å². The van der Waals surface area contributed by atoms with Crippen LogP contribution < -0.4 is 10.6 Å². The second-order valence-corrected chi connectivity index (χ2v) is 5.16. The minimum Gasteiger partial charge on any atom is -0.397 e. The van der Waals surface area contributed by atoms with E-state index in [1.165, 1.54) is 12.8 Å². The Morgan fingerprint density at radius 3 is 2.72 bits per heavy atom. The lowest BCUT2D eigenvalue weighted by Gasteiger charge is -2.26. The highest BCUT2D eigenvalue weighted by molar-refractivity contribution is 5.96. The molecule has 2 rings (SSSR count). The molecule has 0 bridgehead atoms. The van der Waals surface area contributed by atoms with Crippen molar-refractivity contribution in [1.29, 1.82) is 0 Å².